The van der Waals surface area contributed by atoms with E-state index in [-0.39, 0.29) is 11.8 Å². The van der Waals surface area contributed by atoms with Crippen molar-refractivity contribution in [2.45, 2.75) is 63.2 Å². The smallest absolute Gasteiger partial charge is 0.215 e. The molecule has 196 valence electrons. The fraction of sp³-hybridized carbons (Fsp3) is 0.483. The van der Waals surface area contributed by atoms with E-state index in [4.69, 9.17) is 9.97 Å². The van der Waals surface area contributed by atoms with Gasteiger partial charge in [0.15, 0.2) is 5.82 Å². The molecular weight excluding hydrogens is 482 g/mol. The van der Waals surface area contributed by atoms with Gasteiger partial charge in [0.25, 0.3) is 0 Å². The molecule has 1 unspecified atom stereocenters. The number of sulfonamides is 1. The highest BCUT2D eigenvalue weighted by Gasteiger charge is 2.41. The summed E-state index contributed by atoms with van der Waals surface area (Å²) in [6.45, 7) is 6.82. The summed E-state index contributed by atoms with van der Waals surface area (Å²) in [6, 6.07) is 15.8. The lowest BCUT2D eigenvalue weighted by molar-refractivity contribution is 0.0317. The van der Waals surface area contributed by atoms with Gasteiger partial charge in [-0.3, -0.25) is 9.88 Å². The maximum Gasteiger partial charge on any atom is 0.215 e. The summed E-state index contributed by atoms with van der Waals surface area (Å²) in [5, 5.41) is 0. The van der Waals surface area contributed by atoms with E-state index < -0.39 is 10.0 Å². The Morgan fingerprint density at radius 3 is 2.49 bits per heavy atom. The second-order valence-corrected chi connectivity index (χ2v) is 12.2. The number of piperidine rings is 3. The molecule has 37 heavy (non-hydrogen) atoms. The molecule has 3 aliphatic rings. The standard InChI is InChI=1S/C29H37N5O2S/c1-3-22(4-2)27-17-28(33-29(32-27)23-10-13-30-14-11-23)26-19-34-15-12-24(26)16-25(34)18-31-37(35,36)20-21-8-6-5-7-9-21/h5-11,13-14,17,22,24-26,31H,3-4,12,15-16,18-20H2,1-2H3/t24-,25+,26-/m0/s1. The second kappa shape index (κ2) is 11.4. The van der Waals surface area contributed by atoms with Gasteiger partial charge in [-0.2, -0.15) is 0 Å². The van der Waals surface area contributed by atoms with Gasteiger partial charge >= 0.3 is 0 Å². The number of hydrogen-bond acceptors (Lipinski definition) is 6. The summed E-state index contributed by atoms with van der Waals surface area (Å²) >= 11 is 0. The van der Waals surface area contributed by atoms with Crippen LogP contribution in [-0.2, 0) is 15.8 Å². The molecular formula is C29H37N5O2S. The lowest BCUT2D eigenvalue weighted by Gasteiger charge is -2.49. The van der Waals surface area contributed by atoms with E-state index >= 15 is 0 Å². The first-order chi connectivity index (χ1) is 18.0. The fourth-order valence-corrected chi connectivity index (χ4v) is 7.15. The molecule has 0 aliphatic carbocycles. The van der Waals surface area contributed by atoms with E-state index in [9.17, 15) is 8.42 Å². The highest BCUT2D eigenvalue weighted by molar-refractivity contribution is 7.88. The van der Waals surface area contributed by atoms with Crippen molar-refractivity contribution in [3.05, 3.63) is 77.9 Å². The average Bonchev–Trinajstić information content (AvgIpc) is 2.93. The van der Waals surface area contributed by atoms with Crippen LogP contribution >= 0.6 is 0 Å². The molecule has 3 fully saturated rings. The van der Waals surface area contributed by atoms with Crippen LogP contribution in [0.15, 0.2) is 60.9 Å². The van der Waals surface area contributed by atoms with Crippen LogP contribution in [0, 0.1) is 5.92 Å². The zero-order valence-corrected chi connectivity index (χ0v) is 22.6. The minimum absolute atomic E-state index is 0.0180. The van der Waals surface area contributed by atoms with Crippen molar-refractivity contribution in [3.8, 4) is 11.4 Å². The van der Waals surface area contributed by atoms with E-state index in [0.717, 1.165) is 67.1 Å². The monoisotopic (exact) mass is 519 g/mol. The van der Waals surface area contributed by atoms with Crippen molar-refractivity contribution < 1.29 is 8.42 Å². The predicted molar refractivity (Wildman–Crippen MR) is 146 cm³/mol. The van der Waals surface area contributed by atoms with Crippen LogP contribution in [0.5, 0.6) is 0 Å². The molecule has 8 heteroatoms. The van der Waals surface area contributed by atoms with E-state index in [1.165, 1.54) is 0 Å². The zero-order chi connectivity index (χ0) is 25.8. The molecule has 7 nitrogen and oxygen atoms in total. The van der Waals surface area contributed by atoms with E-state index in [2.05, 4.69) is 34.5 Å². The third-order valence-corrected chi connectivity index (χ3v) is 9.42. The zero-order valence-electron chi connectivity index (χ0n) is 21.8. The molecule has 5 heterocycles. The van der Waals surface area contributed by atoms with Gasteiger partial charge in [-0.1, -0.05) is 44.2 Å². The van der Waals surface area contributed by atoms with Gasteiger partial charge in [0, 0.05) is 60.3 Å². The highest BCUT2D eigenvalue weighted by Crippen LogP contribution is 2.42. The lowest BCUT2D eigenvalue weighted by atomic mass is 9.74. The summed E-state index contributed by atoms with van der Waals surface area (Å²) in [5.74, 6) is 2.04. The van der Waals surface area contributed by atoms with Crippen LogP contribution in [0.25, 0.3) is 11.4 Å². The average molecular weight is 520 g/mol. The molecule has 6 rings (SSSR count). The fourth-order valence-electron chi connectivity index (χ4n) is 5.98. The molecule has 1 aromatic carbocycles. The number of benzene rings is 1. The van der Waals surface area contributed by atoms with Gasteiger partial charge in [-0.05, 0) is 61.9 Å². The molecule has 0 spiro atoms. The van der Waals surface area contributed by atoms with Crippen LogP contribution in [0.4, 0.5) is 0 Å². The summed E-state index contributed by atoms with van der Waals surface area (Å²) in [4.78, 5) is 16.7. The first-order valence-electron chi connectivity index (χ1n) is 13.5. The molecule has 0 amide bonds. The van der Waals surface area contributed by atoms with Gasteiger partial charge in [0.1, 0.15) is 0 Å². The quantitative estimate of drug-likeness (QED) is 0.416. The van der Waals surface area contributed by atoms with Gasteiger partial charge in [0.2, 0.25) is 10.0 Å². The number of pyridine rings is 1. The molecule has 4 atom stereocenters. The van der Waals surface area contributed by atoms with Crippen molar-refractivity contribution in [1.29, 1.82) is 0 Å². The number of rotatable bonds is 10. The van der Waals surface area contributed by atoms with Crippen molar-refractivity contribution in [3.63, 3.8) is 0 Å². The Labute approximate surface area is 220 Å². The Balaban J connectivity index is 1.32. The van der Waals surface area contributed by atoms with Crippen molar-refractivity contribution in [2.75, 3.05) is 19.6 Å². The summed E-state index contributed by atoms with van der Waals surface area (Å²) in [7, 11) is -3.38. The summed E-state index contributed by atoms with van der Waals surface area (Å²) < 4.78 is 28.3. The maximum absolute atomic E-state index is 12.7. The van der Waals surface area contributed by atoms with Gasteiger partial charge in [-0.15, -0.1) is 0 Å². The van der Waals surface area contributed by atoms with Gasteiger partial charge in [0.05, 0.1) is 5.75 Å². The van der Waals surface area contributed by atoms with Crippen LogP contribution in [0.1, 0.15) is 68.3 Å². The normalized spacial score (nSPS) is 23.4. The first kappa shape index (κ1) is 25.9. The Kier molecular flexibility index (Phi) is 7.98. The van der Waals surface area contributed by atoms with Crippen LogP contribution in [0.3, 0.4) is 0 Å². The molecule has 3 aromatic rings. The van der Waals surface area contributed by atoms with Crippen LogP contribution in [-0.4, -0.2) is 53.9 Å². The number of hydrogen-bond donors (Lipinski definition) is 1. The number of aromatic nitrogens is 3. The molecule has 3 aliphatic heterocycles. The number of nitrogens with one attached hydrogen (secondary N) is 1. The second-order valence-electron chi connectivity index (χ2n) is 10.4. The van der Waals surface area contributed by atoms with Crippen molar-refractivity contribution >= 4 is 10.0 Å². The third kappa shape index (κ3) is 6.08. The summed E-state index contributed by atoms with van der Waals surface area (Å²) in [6.07, 6.45) is 7.78. The number of nitrogens with zero attached hydrogens (tertiary/aromatic N) is 4. The largest absolute Gasteiger partial charge is 0.298 e. The molecule has 1 N–H and O–H groups in total. The minimum Gasteiger partial charge on any atom is -0.298 e. The first-order valence-corrected chi connectivity index (χ1v) is 15.2. The lowest BCUT2D eigenvalue weighted by Crippen LogP contribution is -2.56. The Bertz CT molecular complexity index is 1280. The van der Waals surface area contributed by atoms with Crippen LogP contribution in [0.2, 0.25) is 0 Å². The Hall–Kier alpha value is -2.68. The Morgan fingerprint density at radius 2 is 1.81 bits per heavy atom. The maximum atomic E-state index is 12.7. The third-order valence-electron chi connectivity index (χ3n) is 8.11. The molecule has 2 aromatic heterocycles. The highest BCUT2D eigenvalue weighted by atomic mass is 32.2. The number of fused-ring (bicyclic) bond motifs is 3. The topological polar surface area (TPSA) is 88.1 Å². The molecule has 2 bridgehead atoms. The predicted octanol–water partition coefficient (Wildman–Crippen LogP) is 4.74. The van der Waals surface area contributed by atoms with Crippen LogP contribution < -0.4 is 4.72 Å². The van der Waals surface area contributed by atoms with E-state index in [1.807, 2.05) is 42.5 Å². The van der Waals surface area contributed by atoms with E-state index in [1.54, 1.807) is 12.4 Å². The van der Waals surface area contributed by atoms with Crippen molar-refractivity contribution in [2.24, 2.45) is 5.92 Å². The molecule has 3 saturated heterocycles. The molecule has 0 saturated carbocycles. The minimum atomic E-state index is -3.38. The Morgan fingerprint density at radius 1 is 1.05 bits per heavy atom. The SMILES string of the molecule is CCC(CC)c1cc([C@H]2CN3CC[C@H]2C[C@@H]3CNS(=O)(=O)Cc2ccccc2)nc(-c2ccncc2)n1. The van der Waals surface area contributed by atoms with Gasteiger partial charge in [-0.25, -0.2) is 23.1 Å². The summed E-state index contributed by atoms with van der Waals surface area (Å²) in [5.41, 5.74) is 4.06. The van der Waals surface area contributed by atoms with E-state index in [0.29, 0.717) is 24.3 Å². The van der Waals surface area contributed by atoms with Crippen molar-refractivity contribution in [1.82, 2.24) is 24.6 Å². The molecule has 0 radical (unpaired) electrons. The van der Waals surface area contributed by atoms with Gasteiger partial charge < -0.3 is 0 Å².